The third kappa shape index (κ3) is 5.28. The van der Waals surface area contributed by atoms with E-state index in [4.69, 9.17) is 4.74 Å². The molecule has 3 atom stereocenters. The summed E-state index contributed by atoms with van der Waals surface area (Å²) < 4.78 is 31.3. The van der Waals surface area contributed by atoms with Gasteiger partial charge >= 0.3 is 5.97 Å². The van der Waals surface area contributed by atoms with Crippen LogP contribution in [0.5, 0.6) is 0 Å². The lowest BCUT2D eigenvalue weighted by Crippen LogP contribution is -2.42. The Bertz CT molecular complexity index is 657. The van der Waals surface area contributed by atoms with E-state index in [1.165, 1.54) is 13.2 Å². The summed E-state index contributed by atoms with van der Waals surface area (Å²) in [4.78, 5) is 18.1. The van der Waals surface area contributed by atoms with Gasteiger partial charge in [0.25, 0.3) is 0 Å². The first-order valence-electron chi connectivity index (χ1n) is 8.35. The minimum absolute atomic E-state index is 0. The van der Waals surface area contributed by atoms with Gasteiger partial charge in [0.15, 0.2) is 17.6 Å². The van der Waals surface area contributed by atoms with Gasteiger partial charge in [-0.25, -0.2) is 8.78 Å². The molecule has 0 aliphatic carbocycles. The van der Waals surface area contributed by atoms with E-state index in [1.807, 2.05) is 18.7 Å². The summed E-state index contributed by atoms with van der Waals surface area (Å²) in [5, 5.41) is 3.25. The molecule has 1 aliphatic heterocycles. The smallest absolute Gasteiger partial charge is 0.310 e. The van der Waals surface area contributed by atoms with Gasteiger partial charge in [0.05, 0.1) is 13.0 Å². The Balaban J connectivity index is 0.00000338. The Hall–Kier alpha value is -1.45. The molecule has 0 saturated carbocycles. The van der Waals surface area contributed by atoms with Crippen molar-refractivity contribution in [2.45, 2.75) is 19.8 Å². The molecule has 1 aromatic rings. The number of esters is 1. The second-order valence-electron chi connectivity index (χ2n) is 6.51. The maximum absolute atomic E-state index is 13.4. The molecular formula is C18H26F2IN3O2. The fourth-order valence-electron chi connectivity index (χ4n) is 3.11. The van der Waals surface area contributed by atoms with Crippen molar-refractivity contribution in [2.75, 3.05) is 33.8 Å². The third-order valence-corrected chi connectivity index (χ3v) is 4.71. The Morgan fingerprint density at radius 2 is 2.08 bits per heavy atom. The quantitative estimate of drug-likeness (QED) is 0.311. The molecule has 5 nitrogen and oxygen atoms in total. The van der Waals surface area contributed by atoms with Gasteiger partial charge in [-0.05, 0) is 29.5 Å². The molecule has 0 spiro atoms. The molecule has 1 heterocycles. The molecule has 1 saturated heterocycles. The molecule has 8 heteroatoms. The molecule has 0 amide bonds. The van der Waals surface area contributed by atoms with E-state index < -0.39 is 11.6 Å². The van der Waals surface area contributed by atoms with Crippen LogP contribution in [0.2, 0.25) is 0 Å². The molecule has 0 bridgehead atoms. The van der Waals surface area contributed by atoms with Crippen LogP contribution >= 0.6 is 24.0 Å². The SMILES string of the molecule is CN=C(NCC(C)c1ccc(F)c(F)c1)N1CC(C)C(C(=O)OC)C1.I. The highest BCUT2D eigenvalue weighted by atomic mass is 127. The average Bonchev–Trinajstić information content (AvgIpc) is 2.98. The largest absolute Gasteiger partial charge is 0.469 e. The molecule has 26 heavy (non-hydrogen) atoms. The van der Waals surface area contributed by atoms with Crippen molar-refractivity contribution in [3.63, 3.8) is 0 Å². The molecule has 1 aliphatic rings. The fourth-order valence-corrected chi connectivity index (χ4v) is 3.11. The van der Waals surface area contributed by atoms with Crippen LogP contribution in [-0.2, 0) is 9.53 Å². The standard InChI is InChI=1S/C18H25F2N3O2.HI/c1-11(13-5-6-15(19)16(20)7-13)8-22-18(21-3)23-9-12(2)14(10-23)17(24)25-4;/h5-7,11-12,14H,8-10H2,1-4H3,(H,21,22);1H. The van der Waals surface area contributed by atoms with Crippen molar-refractivity contribution in [1.29, 1.82) is 0 Å². The number of hydrogen-bond acceptors (Lipinski definition) is 3. The van der Waals surface area contributed by atoms with E-state index in [1.54, 1.807) is 13.1 Å². The topological polar surface area (TPSA) is 53.9 Å². The monoisotopic (exact) mass is 481 g/mol. The van der Waals surface area contributed by atoms with Crippen molar-refractivity contribution in [3.05, 3.63) is 35.4 Å². The Morgan fingerprint density at radius 3 is 2.65 bits per heavy atom. The maximum Gasteiger partial charge on any atom is 0.310 e. The second-order valence-corrected chi connectivity index (χ2v) is 6.51. The molecular weight excluding hydrogens is 455 g/mol. The van der Waals surface area contributed by atoms with Crippen LogP contribution in [0.3, 0.4) is 0 Å². The van der Waals surface area contributed by atoms with E-state index in [0.29, 0.717) is 31.2 Å². The molecule has 146 valence electrons. The Kier molecular flexibility index (Phi) is 8.72. The third-order valence-electron chi connectivity index (χ3n) is 4.71. The summed E-state index contributed by atoms with van der Waals surface area (Å²) in [5.74, 6) is -1.24. The maximum atomic E-state index is 13.4. The zero-order valence-corrected chi connectivity index (χ0v) is 17.8. The minimum Gasteiger partial charge on any atom is -0.469 e. The lowest BCUT2D eigenvalue weighted by molar-refractivity contribution is -0.145. The van der Waals surface area contributed by atoms with Crippen molar-refractivity contribution in [2.24, 2.45) is 16.8 Å². The molecule has 0 aromatic heterocycles. The van der Waals surface area contributed by atoms with Crippen molar-refractivity contribution < 1.29 is 18.3 Å². The summed E-state index contributed by atoms with van der Waals surface area (Å²) in [6.45, 7) is 5.72. The number of methoxy groups -OCH3 is 1. The van der Waals surface area contributed by atoms with Gasteiger partial charge in [-0.1, -0.05) is 19.9 Å². The lowest BCUT2D eigenvalue weighted by atomic mass is 9.99. The number of hydrogen-bond donors (Lipinski definition) is 1. The van der Waals surface area contributed by atoms with Gasteiger partial charge in [0, 0.05) is 26.7 Å². The molecule has 0 radical (unpaired) electrons. The molecule has 1 fully saturated rings. The summed E-state index contributed by atoms with van der Waals surface area (Å²) in [5.41, 5.74) is 0.712. The minimum atomic E-state index is -0.848. The van der Waals surface area contributed by atoms with Crippen LogP contribution in [0, 0.1) is 23.5 Å². The summed E-state index contributed by atoms with van der Waals surface area (Å²) in [6, 6.07) is 3.94. The van der Waals surface area contributed by atoms with Crippen molar-refractivity contribution >= 4 is 35.9 Å². The number of nitrogens with one attached hydrogen (secondary N) is 1. The molecule has 1 N–H and O–H groups in total. The number of ether oxygens (including phenoxy) is 1. The predicted octanol–water partition coefficient (Wildman–Crippen LogP) is 3.00. The Morgan fingerprint density at radius 1 is 1.38 bits per heavy atom. The number of benzene rings is 1. The van der Waals surface area contributed by atoms with Gasteiger partial charge in [-0.2, -0.15) is 0 Å². The Labute approximate surface area is 170 Å². The van der Waals surface area contributed by atoms with Gasteiger partial charge in [0.1, 0.15) is 0 Å². The van der Waals surface area contributed by atoms with Crippen LogP contribution in [0.25, 0.3) is 0 Å². The first-order valence-corrected chi connectivity index (χ1v) is 8.35. The van der Waals surface area contributed by atoms with Crippen LogP contribution in [0.1, 0.15) is 25.3 Å². The van der Waals surface area contributed by atoms with Crippen LogP contribution in [-0.4, -0.2) is 50.6 Å². The average molecular weight is 481 g/mol. The second kappa shape index (κ2) is 10.0. The first kappa shape index (κ1) is 22.6. The van der Waals surface area contributed by atoms with Gasteiger partial charge in [-0.3, -0.25) is 9.79 Å². The van der Waals surface area contributed by atoms with Crippen LogP contribution < -0.4 is 5.32 Å². The van der Waals surface area contributed by atoms with E-state index >= 15 is 0 Å². The number of aliphatic imine (C=N–C) groups is 1. The van der Waals surface area contributed by atoms with Gasteiger partial charge in [-0.15, -0.1) is 24.0 Å². The zero-order chi connectivity index (χ0) is 18.6. The number of nitrogens with zero attached hydrogens (tertiary/aromatic N) is 2. The summed E-state index contributed by atoms with van der Waals surface area (Å²) >= 11 is 0. The summed E-state index contributed by atoms with van der Waals surface area (Å²) in [7, 11) is 3.08. The first-order chi connectivity index (χ1) is 11.9. The van der Waals surface area contributed by atoms with Crippen molar-refractivity contribution in [1.82, 2.24) is 10.2 Å². The van der Waals surface area contributed by atoms with Gasteiger partial charge in [0.2, 0.25) is 0 Å². The number of carbonyl (C=O) groups is 1. The molecule has 3 unspecified atom stereocenters. The highest BCUT2D eigenvalue weighted by molar-refractivity contribution is 14.0. The number of likely N-dealkylation sites (tertiary alicyclic amines) is 1. The van der Waals surface area contributed by atoms with Crippen molar-refractivity contribution in [3.8, 4) is 0 Å². The zero-order valence-electron chi connectivity index (χ0n) is 15.5. The normalized spacial score (nSPS) is 21.2. The van der Waals surface area contributed by atoms with Gasteiger partial charge < -0.3 is 15.0 Å². The van der Waals surface area contributed by atoms with E-state index in [9.17, 15) is 13.6 Å². The van der Waals surface area contributed by atoms with Crippen LogP contribution in [0.15, 0.2) is 23.2 Å². The fraction of sp³-hybridized carbons (Fsp3) is 0.556. The van der Waals surface area contributed by atoms with E-state index in [0.717, 1.165) is 6.07 Å². The van der Waals surface area contributed by atoms with Crippen LogP contribution in [0.4, 0.5) is 8.78 Å². The number of halogens is 3. The van der Waals surface area contributed by atoms with E-state index in [2.05, 4.69) is 10.3 Å². The number of carbonyl (C=O) groups excluding carboxylic acids is 1. The highest BCUT2D eigenvalue weighted by Gasteiger charge is 2.36. The van der Waals surface area contributed by atoms with E-state index in [-0.39, 0.29) is 47.7 Å². The number of guanidine groups is 1. The molecule has 1 aromatic carbocycles. The lowest BCUT2D eigenvalue weighted by Gasteiger charge is -2.23. The summed E-state index contributed by atoms with van der Waals surface area (Å²) in [6.07, 6.45) is 0. The molecule has 2 rings (SSSR count). The number of rotatable bonds is 4. The highest BCUT2D eigenvalue weighted by Crippen LogP contribution is 2.24. The predicted molar refractivity (Wildman–Crippen MR) is 108 cm³/mol.